The summed E-state index contributed by atoms with van der Waals surface area (Å²) in [5.74, 6) is -0.805. The zero-order chi connectivity index (χ0) is 16.8. The third-order valence-corrected chi connectivity index (χ3v) is 4.67. The summed E-state index contributed by atoms with van der Waals surface area (Å²) in [4.78, 5) is 12.3. The van der Waals surface area contributed by atoms with E-state index >= 15 is 0 Å². The standard InChI is InChI=1S/C15H18FN3O2S2/c1-4-11(21-12-8-6-5-7-10(12)16)13(20)17-14-18-19-15(23-14)22-9(2)3/h5-9,11H,4H2,1-3H3,(H,17,18,20). The van der Waals surface area contributed by atoms with Crippen molar-refractivity contribution in [3.05, 3.63) is 30.1 Å². The Morgan fingerprint density at radius 2 is 2.13 bits per heavy atom. The van der Waals surface area contributed by atoms with Crippen LogP contribution in [-0.4, -0.2) is 27.5 Å². The van der Waals surface area contributed by atoms with Crippen LogP contribution in [-0.2, 0) is 4.79 Å². The Balaban J connectivity index is 2.00. The van der Waals surface area contributed by atoms with Crippen molar-refractivity contribution in [2.24, 2.45) is 0 Å². The van der Waals surface area contributed by atoms with E-state index in [1.165, 1.54) is 23.5 Å². The number of hydrogen-bond acceptors (Lipinski definition) is 6. The first-order chi connectivity index (χ1) is 11.0. The fourth-order valence-electron chi connectivity index (χ4n) is 1.71. The number of benzene rings is 1. The van der Waals surface area contributed by atoms with Gasteiger partial charge in [0.25, 0.3) is 5.91 Å². The highest BCUT2D eigenvalue weighted by atomic mass is 32.2. The molecule has 0 bridgehead atoms. The first-order valence-corrected chi connectivity index (χ1v) is 8.91. The van der Waals surface area contributed by atoms with E-state index in [2.05, 4.69) is 29.4 Å². The summed E-state index contributed by atoms with van der Waals surface area (Å²) in [5.41, 5.74) is 0. The molecule has 0 aliphatic carbocycles. The van der Waals surface area contributed by atoms with Crippen LogP contribution in [0.4, 0.5) is 9.52 Å². The highest BCUT2D eigenvalue weighted by Gasteiger charge is 2.21. The number of carbonyl (C=O) groups excluding carboxylic acids is 1. The van der Waals surface area contributed by atoms with Crippen LogP contribution in [0, 0.1) is 5.82 Å². The molecule has 0 aliphatic rings. The summed E-state index contributed by atoms with van der Waals surface area (Å²) in [6.45, 7) is 5.91. The fraction of sp³-hybridized carbons (Fsp3) is 0.400. The second kappa shape index (κ2) is 8.26. The van der Waals surface area contributed by atoms with Gasteiger partial charge < -0.3 is 4.74 Å². The number of halogens is 1. The molecule has 0 saturated carbocycles. The molecule has 8 heteroatoms. The lowest BCUT2D eigenvalue weighted by Gasteiger charge is -2.16. The van der Waals surface area contributed by atoms with Crippen LogP contribution < -0.4 is 10.1 Å². The summed E-state index contributed by atoms with van der Waals surface area (Å²) in [7, 11) is 0. The van der Waals surface area contributed by atoms with Crippen molar-refractivity contribution >= 4 is 34.1 Å². The van der Waals surface area contributed by atoms with Crippen molar-refractivity contribution in [1.82, 2.24) is 10.2 Å². The predicted octanol–water partition coefficient (Wildman–Crippen LogP) is 3.97. The number of rotatable bonds is 7. The van der Waals surface area contributed by atoms with Gasteiger partial charge in [-0.05, 0) is 18.6 Å². The topological polar surface area (TPSA) is 64.1 Å². The first-order valence-electron chi connectivity index (χ1n) is 7.21. The summed E-state index contributed by atoms with van der Waals surface area (Å²) < 4.78 is 19.9. The number of nitrogens with zero attached hydrogens (tertiary/aromatic N) is 2. The van der Waals surface area contributed by atoms with Crippen LogP contribution in [0.5, 0.6) is 5.75 Å². The molecule has 1 aromatic carbocycles. The summed E-state index contributed by atoms with van der Waals surface area (Å²) in [6, 6.07) is 6.01. The van der Waals surface area contributed by atoms with Gasteiger partial charge >= 0.3 is 0 Å². The van der Waals surface area contributed by atoms with Gasteiger partial charge in [-0.3, -0.25) is 10.1 Å². The number of ether oxygens (including phenoxy) is 1. The molecular weight excluding hydrogens is 337 g/mol. The molecule has 0 radical (unpaired) electrons. The largest absolute Gasteiger partial charge is 0.478 e. The molecule has 1 heterocycles. The molecule has 0 spiro atoms. The van der Waals surface area contributed by atoms with Gasteiger partial charge in [0.15, 0.2) is 22.0 Å². The quantitative estimate of drug-likeness (QED) is 0.601. The lowest BCUT2D eigenvalue weighted by molar-refractivity contribution is -0.122. The third-order valence-electron chi connectivity index (χ3n) is 2.74. The normalized spacial score (nSPS) is 12.2. The van der Waals surface area contributed by atoms with E-state index in [1.54, 1.807) is 30.8 Å². The number of aromatic nitrogens is 2. The minimum Gasteiger partial charge on any atom is -0.478 e. The molecule has 23 heavy (non-hydrogen) atoms. The van der Waals surface area contributed by atoms with Gasteiger partial charge in [-0.25, -0.2) is 4.39 Å². The first kappa shape index (κ1) is 17.7. The number of para-hydroxylation sites is 1. The van der Waals surface area contributed by atoms with Crippen LogP contribution >= 0.6 is 23.1 Å². The van der Waals surface area contributed by atoms with E-state index in [9.17, 15) is 9.18 Å². The maximum Gasteiger partial charge on any atom is 0.267 e. The summed E-state index contributed by atoms with van der Waals surface area (Å²) >= 11 is 2.88. The van der Waals surface area contributed by atoms with Crippen LogP contribution in [0.15, 0.2) is 28.6 Å². The number of amides is 1. The molecule has 2 rings (SSSR count). The van der Waals surface area contributed by atoms with E-state index in [1.807, 2.05) is 0 Å². The molecule has 124 valence electrons. The molecule has 1 amide bonds. The Morgan fingerprint density at radius 1 is 1.39 bits per heavy atom. The highest BCUT2D eigenvalue weighted by molar-refractivity contribution is 8.01. The third kappa shape index (κ3) is 5.18. The van der Waals surface area contributed by atoms with Gasteiger partial charge in [-0.2, -0.15) is 0 Å². The van der Waals surface area contributed by atoms with E-state index in [4.69, 9.17) is 4.74 Å². The van der Waals surface area contributed by atoms with E-state index < -0.39 is 11.9 Å². The lowest BCUT2D eigenvalue weighted by Crippen LogP contribution is -2.32. The Hall–Kier alpha value is -1.67. The Kier molecular flexibility index (Phi) is 6.35. The van der Waals surface area contributed by atoms with Crippen molar-refractivity contribution in [1.29, 1.82) is 0 Å². The van der Waals surface area contributed by atoms with Crippen LogP contribution in [0.25, 0.3) is 0 Å². The molecule has 0 saturated heterocycles. The van der Waals surface area contributed by atoms with Gasteiger partial charge in [0, 0.05) is 5.25 Å². The summed E-state index contributed by atoms with van der Waals surface area (Å²) in [6.07, 6.45) is -0.385. The van der Waals surface area contributed by atoms with Crippen molar-refractivity contribution in [3.8, 4) is 5.75 Å². The Morgan fingerprint density at radius 3 is 2.78 bits per heavy atom. The fourth-order valence-corrected chi connectivity index (χ4v) is 3.69. The zero-order valence-corrected chi connectivity index (χ0v) is 14.7. The Labute approximate surface area is 142 Å². The monoisotopic (exact) mass is 355 g/mol. The maximum atomic E-state index is 13.6. The van der Waals surface area contributed by atoms with E-state index in [0.717, 1.165) is 4.34 Å². The van der Waals surface area contributed by atoms with E-state index in [0.29, 0.717) is 16.8 Å². The average Bonchev–Trinajstić information content (AvgIpc) is 2.92. The number of carbonyl (C=O) groups is 1. The molecule has 1 aromatic heterocycles. The molecule has 1 atom stereocenters. The SMILES string of the molecule is CCC(Oc1ccccc1F)C(=O)Nc1nnc(SC(C)C)s1. The van der Waals surface area contributed by atoms with Gasteiger partial charge in [-0.15, -0.1) is 10.2 Å². The van der Waals surface area contributed by atoms with Crippen molar-refractivity contribution in [2.45, 2.75) is 42.9 Å². The number of thioether (sulfide) groups is 1. The molecule has 2 aromatic rings. The lowest BCUT2D eigenvalue weighted by atomic mass is 10.2. The van der Waals surface area contributed by atoms with Crippen LogP contribution in [0.1, 0.15) is 27.2 Å². The minimum atomic E-state index is -0.794. The van der Waals surface area contributed by atoms with Gasteiger partial charge in [0.1, 0.15) is 0 Å². The Bertz CT molecular complexity index is 664. The van der Waals surface area contributed by atoms with Gasteiger partial charge in [-0.1, -0.05) is 56.0 Å². The molecule has 1 unspecified atom stereocenters. The second-order valence-electron chi connectivity index (χ2n) is 4.97. The molecule has 0 aliphatic heterocycles. The van der Waals surface area contributed by atoms with Crippen molar-refractivity contribution < 1.29 is 13.9 Å². The van der Waals surface area contributed by atoms with Gasteiger partial charge in [0.05, 0.1) is 0 Å². The predicted molar refractivity (Wildman–Crippen MR) is 90.6 cm³/mol. The zero-order valence-electron chi connectivity index (χ0n) is 13.1. The van der Waals surface area contributed by atoms with Crippen molar-refractivity contribution in [2.75, 3.05) is 5.32 Å². The molecular formula is C15H18FN3O2S2. The summed E-state index contributed by atoms with van der Waals surface area (Å²) in [5, 5.41) is 11.4. The molecule has 5 nitrogen and oxygen atoms in total. The van der Waals surface area contributed by atoms with Crippen LogP contribution in [0.3, 0.4) is 0 Å². The minimum absolute atomic E-state index is 0.0582. The van der Waals surface area contributed by atoms with Crippen molar-refractivity contribution in [3.63, 3.8) is 0 Å². The molecule has 0 fully saturated rings. The smallest absolute Gasteiger partial charge is 0.267 e. The maximum absolute atomic E-state index is 13.6. The van der Waals surface area contributed by atoms with E-state index in [-0.39, 0.29) is 11.7 Å². The van der Waals surface area contributed by atoms with Crippen LogP contribution in [0.2, 0.25) is 0 Å². The highest BCUT2D eigenvalue weighted by Crippen LogP contribution is 2.28. The number of nitrogens with one attached hydrogen (secondary N) is 1. The average molecular weight is 355 g/mol. The number of hydrogen-bond donors (Lipinski definition) is 1. The van der Waals surface area contributed by atoms with Gasteiger partial charge in [0.2, 0.25) is 5.13 Å². The molecule has 1 N–H and O–H groups in total. The second-order valence-corrected chi connectivity index (χ2v) is 7.78. The number of anilines is 1.